The van der Waals surface area contributed by atoms with Gasteiger partial charge >= 0.3 is 0 Å². The largest absolute Gasteiger partial charge is 0.480 e. The van der Waals surface area contributed by atoms with Crippen molar-refractivity contribution in [3.05, 3.63) is 53.6 Å². The molecule has 1 unspecified atom stereocenters. The van der Waals surface area contributed by atoms with Gasteiger partial charge in [0.2, 0.25) is 0 Å². The number of benzene rings is 2. The maximum absolute atomic E-state index is 6.01. The number of fused-ring (bicyclic) bond motifs is 1. The highest BCUT2D eigenvalue weighted by Gasteiger charge is 2.24. The lowest BCUT2D eigenvalue weighted by atomic mass is 10.1. The van der Waals surface area contributed by atoms with Crippen molar-refractivity contribution < 1.29 is 4.74 Å². The van der Waals surface area contributed by atoms with Crippen LogP contribution in [0.1, 0.15) is 24.5 Å². The summed E-state index contributed by atoms with van der Waals surface area (Å²) >= 11 is 0. The van der Waals surface area contributed by atoms with E-state index in [0.29, 0.717) is 12.2 Å². The number of hydrogen-bond acceptors (Lipinski definition) is 3. The Hall–Kier alpha value is -2.49. The number of rotatable bonds is 3. The van der Waals surface area contributed by atoms with Gasteiger partial charge in [-0.05, 0) is 31.0 Å². The van der Waals surface area contributed by atoms with Gasteiger partial charge in [0.05, 0.1) is 12.2 Å². The van der Waals surface area contributed by atoms with E-state index in [4.69, 9.17) is 15.5 Å². The third-order valence-electron chi connectivity index (χ3n) is 3.77. The van der Waals surface area contributed by atoms with E-state index in [2.05, 4.69) is 43.4 Å². The summed E-state index contributed by atoms with van der Waals surface area (Å²) in [6.07, 6.45) is 0.799. The predicted molar refractivity (Wildman–Crippen MR) is 91.5 cm³/mol. The molecule has 1 heterocycles. The molecule has 114 valence electrons. The zero-order chi connectivity index (χ0) is 15.5. The highest BCUT2D eigenvalue weighted by atomic mass is 16.5. The van der Waals surface area contributed by atoms with Gasteiger partial charge in [0.15, 0.2) is 6.10 Å². The average Bonchev–Trinajstić information content (AvgIpc) is 2.53. The molecule has 0 bridgehead atoms. The molecule has 0 saturated carbocycles. The Bertz CT molecular complexity index is 692. The third kappa shape index (κ3) is 3.06. The minimum absolute atomic E-state index is 0.0558. The fourth-order valence-corrected chi connectivity index (χ4v) is 2.46. The maximum atomic E-state index is 6.01. The molecule has 2 aromatic carbocycles. The fraction of sp³-hybridized carbons (Fsp3) is 0.278. The first-order valence-electron chi connectivity index (χ1n) is 7.59. The van der Waals surface area contributed by atoms with Crippen LogP contribution in [0.3, 0.4) is 0 Å². The number of nitrogens with one attached hydrogen (secondary N) is 1. The van der Waals surface area contributed by atoms with Crippen LogP contribution in [0.15, 0.2) is 47.5 Å². The molecule has 0 spiro atoms. The van der Waals surface area contributed by atoms with Crippen LogP contribution >= 0.6 is 0 Å². The summed E-state index contributed by atoms with van der Waals surface area (Å²) in [5, 5.41) is 3.38. The second-order valence-electron chi connectivity index (χ2n) is 5.58. The van der Waals surface area contributed by atoms with Gasteiger partial charge in [-0.15, -0.1) is 0 Å². The number of aryl methyl sites for hydroxylation is 1. The number of amidine groups is 1. The van der Waals surface area contributed by atoms with Crippen LogP contribution in [0.4, 0.5) is 11.4 Å². The Morgan fingerprint density at radius 1 is 1.18 bits per heavy atom. The summed E-state index contributed by atoms with van der Waals surface area (Å²) < 4.78 is 6.01. The lowest BCUT2D eigenvalue weighted by Gasteiger charge is -2.28. The molecule has 4 nitrogen and oxygen atoms in total. The Kier molecular flexibility index (Phi) is 4.00. The molecule has 22 heavy (non-hydrogen) atoms. The van der Waals surface area contributed by atoms with E-state index in [1.165, 1.54) is 11.1 Å². The number of hydrogen-bond donors (Lipinski definition) is 2. The summed E-state index contributed by atoms with van der Waals surface area (Å²) in [7, 11) is 0. The van der Waals surface area contributed by atoms with E-state index >= 15 is 0 Å². The van der Waals surface area contributed by atoms with Crippen molar-refractivity contribution in [3.63, 3.8) is 0 Å². The molecule has 0 fully saturated rings. The summed E-state index contributed by atoms with van der Waals surface area (Å²) in [5.74, 6) is 1.67. The summed E-state index contributed by atoms with van der Waals surface area (Å²) in [6.45, 7) is 4.82. The van der Waals surface area contributed by atoms with E-state index in [1.54, 1.807) is 0 Å². The van der Waals surface area contributed by atoms with Crippen LogP contribution in [0.2, 0.25) is 0 Å². The first kappa shape index (κ1) is 14.4. The Morgan fingerprint density at radius 2 is 1.95 bits per heavy atom. The molecule has 0 aliphatic carbocycles. The van der Waals surface area contributed by atoms with Gasteiger partial charge in [-0.1, -0.05) is 36.8 Å². The molecule has 0 radical (unpaired) electrons. The van der Waals surface area contributed by atoms with Crippen LogP contribution in [0, 0.1) is 6.92 Å². The van der Waals surface area contributed by atoms with Gasteiger partial charge in [0.25, 0.3) is 0 Å². The number of nitrogens with zero attached hydrogens (tertiary/aromatic N) is 1. The monoisotopic (exact) mass is 295 g/mol. The first-order valence-corrected chi connectivity index (χ1v) is 7.59. The highest BCUT2D eigenvalue weighted by molar-refractivity contribution is 6.02. The van der Waals surface area contributed by atoms with E-state index in [9.17, 15) is 0 Å². The second-order valence-corrected chi connectivity index (χ2v) is 5.58. The number of ether oxygens (including phenoxy) is 1. The predicted octanol–water partition coefficient (Wildman–Crippen LogP) is 3.76. The average molecular weight is 295 g/mol. The SMILES string of the molecule is CCC1Oc2cc(N)ccc2NC1=NCc1ccc(C)cc1. The van der Waals surface area contributed by atoms with Gasteiger partial charge < -0.3 is 15.8 Å². The van der Waals surface area contributed by atoms with Crippen molar-refractivity contribution in [3.8, 4) is 5.75 Å². The smallest absolute Gasteiger partial charge is 0.155 e. The molecule has 1 aliphatic rings. The van der Waals surface area contributed by atoms with Gasteiger partial charge in [-0.2, -0.15) is 0 Å². The fourth-order valence-electron chi connectivity index (χ4n) is 2.46. The van der Waals surface area contributed by atoms with E-state index < -0.39 is 0 Å². The van der Waals surface area contributed by atoms with Crippen LogP contribution in [-0.4, -0.2) is 11.9 Å². The minimum atomic E-state index is -0.0558. The standard InChI is InChI=1S/C18H21N3O/c1-3-16-18(20-11-13-6-4-12(2)5-7-13)21-15-9-8-14(19)10-17(15)22-16/h4-10,16H,3,11,19H2,1-2H3,(H,20,21). The zero-order valence-electron chi connectivity index (χ0n) is 13.0. The molecule has 0 aromatic heterocycles. The minimum Gasteiger partial charge on any atom is -0.480 e. The quantitative estimate of drug-likeness (QED) is 0.848. The van der Waals surface area contributed by atoms with Gasteiger partial charge in [0.1, 0.15) is 11.6 Å². The van der Waals surface area contributed by atoms with Crippen molar-refractivity contribution in [1.82, 2.24) is 0 Å². The zero-order valence-corrected chi connectivity index (χ0v) is 13.0. The summed E-state index contributed by atoms with van der Waals surface area (Å²) in [4.78, 5) is 4.71. The Balaban J connectivity index is 1.81. The molecule has 3 rings (SSSR count). The molecule has 1 aliphatic heterocycles. The third-order valence-corrected chi connectivity index (χ3v) is 3.77. The molecule has 4 heteroatoms. The van der Waals surface area contributed by atoms with Crippen molar-refractivity contribution in [2.24, 2.45) is 4.99 Å². The van der Waals surface area contributed by atoms with Crippen molar-refractivity contribution in [2.75, 3.05) is 11.1 Å². The van der Waals surface area contributed by atoms with Crippen molar-refractivity contribution in [2.45, 2.75) is 32.9 Å². The molecule has 3 N–H and O–H groups in total. The molecule has 0 amide bonds. The van der Waals surface area contributed by atoms with Crippen molar-refractivity contribution in [1.29, 1.82) is 0 Å². The van der Waals surface area contributed by atoms with Gasteiger partial charge in [0, 0.05) is 11.8 Å². The number of nitrogen functional groups attached to an aromatic ring is 1. The van der Waals surface area contributed by atoms with Crippen LogP contribution in [0.5, 0.6) is 5.75 Å². The molecule has 1 atom stereocenters. The Labute approximate surface area is 131 Å². The number of anilines is 2. The summed E-state index contributed by atoms with van der Waals surface area (Å²) in [5.41, 5.74) is 9.88. The van der Waals surface area contributed by atoms with E-state index in [1.807, 2.05) is 18.2 Å². The molecule has 2 aromatic rings. The van der Waals surface area contributed by atoms with E-state index in [-0.39, 0.29) is 6.10 Å². The lowest BCUT2D eigenvalue weighted by Crippen LogP contribution is -2.36. The maximum Gasteiger partial charge on any atom is 0.155 e. The molecular weight excluding hydrogens is 274 g/mol. The van der Waals surface area contributed by atoms with Crippen LogP contribution in [-0.2, 0) is 6.54 Å². The molecular formula is C18H21N3O. The van der Waals surface area contributed by atoms with Crippen molar-refractivity contribution >= 4 is 17.2 Å². The van der Waals surface area contributed by atoms with Crippen LogP contribution in [0.25, 0.3) is 0 Å². The van der Waals surface area contributed by atoms with Gasteiger partial charge in [-0.3, -0.25) is 4.99 Å². The summed E-state index contributed by atoms with van der Waals surface area (Å²) in [6, 6.07) is 14.1. The van der Waals surface area contributed by atoms with Gasteiger partial charge in [-0.25, -0.2) is 0 Å². The Morgan fingerprint density at radius 3 is 2.68 bits per heavy atom. The number of aliphatic imine (C=N–C) groups is 1. The second kappa shape index (κ2) is 6.10. The first-order chi connectivity index (χ1) is 10.7. The van der Waals surface area contributed by atoms with Crippen LogP contribution < -0.4 is 15.8 Å². The number of nitrogens with two attached hydrogens (primary N) is 1. The normalized spacial score (nSPS) is 18.5. The highest BCUT2D eigenvalue weighted by Crippen LogP contribution is 2.32. The lowest BCUT2D eigenvalue weighted by molar-refractivity contribution is 0.258. The van der Waals surface area contributed by atoms with E-state index in [0.717, 1.165) is 23.7 Å². The topological polar surface area (TPSA) is 59.6 Å². The molecule has 0 saturated heterocycles.